The average Bonchev–Trinajstić information content (AvgIpc) is 2.63. The number of benzene rings is 1. The van der Waals surface area contributed by atoms with E-state index in [1.54, 1.807) is 5.57 Å². The number of morpholine rings is 1. The third kappa shape index (κ3) is 3.60. The molecule has 1 aliphatic carbocycles. The lowest BCUT2D eigenvalue weighted by molar-refractivity contribution is 0.122. The number of hydrogen-bond donors (Lipinski definition) is 1. The van der Waals surface area contributed by atoms with Gasteiger partial charge in [0.15, 0.2) is 0 Å². The van der Waals surface area contributed by atoms with Crippen LogP contribution in [0.4, 0.5) is 5.69 Å². The monoisotopic (exact) mass is 313 g/mol. The van der Waals surface area contributed by atoms with Crippen LogP contribution in [0.1, 0.15) is 17.5 Å². The molecule has 4 nitrogen and oxygen atoms in total. The SMILES string of the molecule is C1=C(CN2CCNCC2)CCc2cc(N3CCOCC3)ccc21. The first-order chi connectivity index (χ1) is 11.4. The fourth-order valence-electron chi connectivity index (χ4n) is 3.84. The number of hydrogen-bond acceptors (Lipinski definition) is 4. The summed E-state index contributed by atoms with van der Waals surface area (Å²) in [5.41, 5.74) is 5.90. The average molecular weight is 313 g/mol. The second-order valence-electron chi connectivity index (χ2n) is 6.81. The number of anilines is 1. The number of fused-ring (bicyclic) bond motifs is 1. The van der Waals surface area contributed by atoms with Crippen LogP contribution in [0.3, 0.4) is 0 Å². The Labute approximate surface area is 139 Å². The zero-order valence-corrected chi connectivity index (χ0v) is 13.9. The second-order valence-corrected chi connectivity index (χ2v) is 6.81. The van der Waals surface area contributed by atoms with Crippen molar-refractivity contribution in [3.63, 3.8) is 0 Å². The first-order valence-corrected chi connectivity index (χ1v) is 8.97. The number of ether oxygens (including phenoxy) is 1. The van der Waals surface area contributed by atoms with E-state index in [4.69, 9.17) is 4.74 Å². The molecule has 0 bridgehead atoms. The quantitative estimate of drug-likeness (QED) is 0.920. The molecule has 0 amide bonds. The molecule has 1 N–H and O–H groups in total. The number of piperazine rings is 1. The van der Waals surface area contributed by atoms with Crippen molar-refractivity contribution in [2.75, 3.05) is 63.9 Å². The van der Waals surface area contributed by atoms with Gasteiger partial charge in [-0.3, -0.25) is 4.90 Å². The third-order valence-corrected chi connectivity index (χ3v) is 5.21. The summed E-state index contributed by atoms with van der Waals surface area (Å²) in [4.78, 5) is 5.03. The lowest BCUT2D eigenvalue weighted by Crippen LogP contribution is -2.44. The highest BCUT2D eigenvalue weighted by atomic mass is 16.5. The molecule has 4 rings (SSSR count). The molecule has 0 atom stereocenters. The zero-order valence-electron chi connectivity index (χ0n) is 13.9. The van der Waals surface area contributed by atoms with E-state index in [0.29, 0.717) is 0 Å². The van der Waals surface area contributed by atoms with Crippen LogP contribution in [0.15, 0.2) is 23.8 Å². The van der Waals surface area contributed by atoms with E-state index in [0.717, 1.165) is 45.9 Å². The van der Waals surface area contributed by atoms with Crippen LogP contribution >= 0.6 is 0 Å². The Hall–Kier alpha value is -1.36. The summed E-state index contributed by atoms with van der Waals surface area (Å²) in [6.07, 6.45) is 4.83. The maximum Gasteiger partial charge on any atom is 0.0642 e. The molecule has 2 aliphatic heterocycles. The predicted octanol–water partition coefficient (Wildman–Crippen LogP) is 1.76. The van der Waals surface area contributed by atoms with E-state index in [2.05, 4.69) is 39.4 Å². The predicted molar refractivity (Wildman–Crippen MR) is 95.1 cm³/mol. The first kappa shape index (κ1) is 15.2. The van der Waals surface area contributed by atoms with Gasteiger partial charge in [-0.15, -0.1) is 0 Å². The fraction of sp³-hybridized carbons (Fsp3) is 0.579. The van der Waals surface area contributed by atoms with E-state index in [9.17, 15) is 0 Å². The van der Waals surface area contributed by atoms with Crippen LogP contribution in [0.5, 0.6) is 0 Å². The Kier molecular flexibility index (Phi) is 4.64. The third-order valence-electron chi connectivity index (χ3n) is 5.21. The van der Waals surface area contributed by atoms with Gasteiger partial charge in [0.05, 0.1) is 13.2 Å². The fourth-order valence-corrected chi connectivity index (χ4v) is 3.84. The Balaban J connectivity index is 1.46. The Bertz CT molecular complexity index is 572. The maximum atomic E-state index is 5.46. The van der Waals surface area contributed by atoms with Gasteiger partial charge >= 0.3 is 0 Å². The van der Waals surface area contributed by atoms with E-state index in [1.807, 2.05) is 0 Å². The summed E-state index contributed by atoms with van der Waals surface area (Å²) in [5, 5.41) is 3.43. The van der Waals surface area contributed by atoms with Crippen LogP contribution in [0.25, 0.3) is 6.08 Å². The summed E-state index contributed by atoms with van der Waals surface area (Å²) in [6.45, 7) is 9.51. The van der Waals surface area contributed by atoms with Gasteiger partial charge in [0.25, 0.3) is 0 Å². The molecule has 0 spiro atoms. The van der Waals surface area contributed by atoms with E-state index < -0.39 is 0 Å². The molecular formula is C19H27N3O. The Morgan fingerprint density at radius 3 is 2.65 bits per heavy atom. The molecule has 23 heavy (non-hydrogen) atoms. The largest absolute Gasteiger partial charge is 0.378 e. The molecule has 4 heteroatoms. The van der Waals surface area contributed by atoms with Gasteiger partial charge in [-0.05, 0) is 36.1 Å². The number of nitrogens with zero attached hydrogens (tertiary/aromatic N) is 2. The summed E-state index contributed by atoms with van der Waals surface area (Å²) in [7, 11) is 0. The molecule has 0 unspecified atom stereocenters. The van der Waals surface area contributed by atoms with Crippen molar-refractivity contribution in [2.45, 2.75) is 12.8 Å². The molecule has 1 aromatic rings. The van der Waals surface area contributed by atoms with E-state index in [-0.39, 0.29) is 0 Å². The zero-order chi connectivity index (χ0) is 15.5. The topological polar surface area (TPSA) is 27.7 Å². The molecule has 3 aliphatic rings. The van der Waals surface area contributed by atoms with Crippen LogP contribution in [-0.2, 0) is 11.2 Å². The van der Waals surface area contributed by atoms with Gasteiger partial charge in [0, 0.05) is 51.5 Å². The Morgan fingerprint density at radius 2 is 1.83 bits per heavy atom. The van der Waals surface area contributed by atoms with Gasteiger partial charge in [0.2, 0.25) is 0 Å². The van der Waals surface area contributed by atoms with Crippen molar-refractivity contribution in [3.05, 3.63) is 34.9 Å². The van der Waals surface area contributed by atoms with Gasteiger partial charge < -0.3 is 15.0 Å². The molecule has 124 valence electrons. The molecule has 0 aromatic heterocycles. The highest BCUT2D eigenvalue weighted by molar-refractivity contribution is 5.64. The minimum absolute atomic E-state index is 0.853. The highest BCUT2D eigenvalue weighted by Gasteiger charge is 2.17. The standard InChI is InChI=1S/C19H27N3O/c1-2-18-14-19(22-9-11-23-12-10-22)4-3-17(18)13-16(1)15-21-7-5-20-6-8-21/h3-4,13-14,20H,1-2,5-12,15H2. The van der Waals surface area contributed by atoms with Crippen LogP contribution in [-0.4, -0.2) is 63.9 Å². The van der Waals surface area contributed by atoms with Gasteiger partial charge in [0.1, 0.15) is 0 Å². The molecule has 0 saturated carbocycles. The van der Waals surface area contributed by atoms with E-state index >= 15 is 0 Å². The maximum absolute atomic E-state index is 5.46. The summed E-state index contributed by atoms with van der Waals surface area (Å²) in [5.74, 6) is 0. The second kappa shape index (κ2) is 7.04. The van der Waals surface area contributed by atoms with Crippen LogP contribution < -0.4 is 10.2 Å². The minimum Gasteiger partial charge on any atom is -0.378 e. The van der Waals surface area contributed by atoms with Crippen molar-refractivity contribution in [2.24, 2.45) is 0 Å². The molecule has 0 radical (unpaired) electrons. The van der Waals surface area contributed by atoms with E-state index in [1.165, 1.54) is 42.7 Å². The van der Waals surface area contributed by atoms with Gasteiger partial charge in [-0.2, -0.15) is 0 Å². The van der Waals surface area contributed by atoms with Crippen molar-refractivity contribution in [1.82, 2.24) is 10.2 Å². The lowest BCUT2D eigenvalue weighted by Gasteiger charge is -2.31. The van der Waals surface area contributed by atoms with Crippen molar-refractivity contribution in [1.29, 1.82) is 0 Å². The summed E-state index contributed by atoms with van der Waals surface area (Å²) in [6, 6.07) is 7.00. The van der Waals surface area contributed by atoms with Crippen LogP contribution in [0, 0.1) is 0 Å². The van der Waals surface area contributed by atoms with Crippen molar-refractivity contribution < 1.29 is 4.74 Å². The van der Waals surface area contributed by atoms with Crippen molar-refractivity contribution in [3.8, 4) is 0 Å². The molecule has 2 heterocycles. The summed E-state index contributed by atoms with van der Waals surface area (Å²) < 4.78 is 5.46. The highest BCUT2D eigenvalue weighted by Crippen LogP contribution is 2.28. The van der Waals surface area contributed by atoms with Crippen molar-refractivity contribution >= 4 is 11.8 Å². The molecular weight excluding hydrogens is 286 g/mol. The normalized spacial score (nSPS) is 22.6. The summed E-state index contributed by atoms with van der Waals surface area (Å²) >= 11 is 0. The molecule has 1 aromatic carbocycles. The number of aryl methyl sites for hydroxylation is 1. The van der Waals surface area contributed by atoms with Crippen LogP contribution in [0.2, 0.25) is 0 Å². The number of rotatable bonds is 3. The lowest BCUT2D eigenvalue weighted by atomic mass is 9.91. The van der Waals surface area contributed by atoms with Gasteiger partial charge in [-0.25, -0.2) is 0 Å². The van der Waals surface area contributed by atoms with Gasteiger partial charge in [-0.1, -0.05) is 17.7 Å². The molecule has 2 saturated heterocycles. The molecule has 2 fully saturated rings. The smallest absolute Gasteiger partial charge is 0.0642 e. The Morgan fingerprint density at radius 1 is 1.00 bits per heavy atom. The first-order valence-electron chi connectivity index (χ1n) is 8.97. The minimum atomic E-state index is 0.853. The number of nitrogens with one attached hydrogen (secondary N) is 1.